The number of rotatable bonds is 3. The van der Waals surface area contributed by atoms with Gasteiger partial charge in [-0.05, 0) is 59.9 Å². The maximum atomic E-state index is 13.2. The molecule has 27 heavy (non-hydrogen) atoms. The number of hydrogen-bond acceptors (Lipinski definition) is 4. The summed E-state index contributed by atoms with van der Waals surface area (Å²) in [5.41, 5.74) is 3.13. The van der Waals surface area contributed by atoms with Gasteiger partial charge in [0.1, 0.15) is 6.04 Å². The number of carbonyl (C=O) groups excluding carboxylic acids is 1. The third-order valence-electron chi connectivity index (χ3n) is 5.76. The summed E-state index contributed by atoms with van der Waals surface area (Å²) < 4.78 is 3.12. The van der Waals surface area contributed by atoms with E-state index in [0.717, 1.165) is 36.2 Å². The van der Waals surface area contributed by atoms with Crippen LogP contribution in [0.2, 0.25) is 0 Å². The van der Waals surface area contributed by atoms with E-state index in [1.807, 2.05) is 25.8 Å². The fourth-order valence-electron chi connectivity index (χ4n) is 4.16. The van der Waals surface area contributed by atoms with Gasteiger partial charge in [0.15, 0.2) is 0 Å². The largest absolute Gasteiger partial charge is 0.335 e. The van der Waals surface area contributed by atoms with Gasteiger partial charge in [-0.25, -0.2) is 4.68 Å². The van der Waals surface area contributed by atoms with Gasteiger partial charge >= 0.3 is 0 Å². The molecule has 2 aromatic heterocycles. The molecule has 146 valence electrons. The average molecular weight is 371 g/mol. The molecule has 7 heteroatoms. The second-order valence-corrected chi connectivity index (χ2v) is 7.72. The SMILES string of the molecule is Cc1nn(C)c(C)c1-c1ccc(=O)n([C@H](C)C(=O)N2[C@H](C)CCC[C@@H]2C)n1. The van der Waals surface area contributed by atoms with Crippen LogP contribution >= 0.6 is 0 Å². The lowest BCUT2D eigenvalue weighted by Gasteiger charge is -2.40. The van der Waals surface area contributed by atoms with Crippen LogP contribution in [-0.2, 0) is 11.8 Å². The highest BCUT2D eigenvalue weighted by molar-refractivity contribution is 5.80. The van der Waals surface area contributed by atoms with Crippen molar-refractivity contribution in [1.82, 2.24) is 24.5 Å². The molecule has 1 saturated heterocycles. The van der Waals surface area contributed by atoms with Crippen molar-refractivity contribution in [3.05, 3.63) is 33.9 Å². The molecule has 1 aliphatic rings. The zero-order chi connectivity index (χ0) is 19.9. The molecule has 0 saturated carbocycles. The van der Waals surface area contributed by atoms with Crippen molar-refractivity contribution in [2.45, 2.75) is 72.0 Å². The predicted octanol–water partition coefficient (Wildman–Crippen LogP) is 2.61. The third kappa shape index (κ3) is 3.42. The first-order valence-electron chi connectivity index (χ1n) is 9.65. The van der Waals surface area contributed by atoms with Crippen LogP contribution in [0.3, 0.4) is 0 Å². The van der Waals surface area contributed by atoms with Crippen molar-refractivity contribution < 1.29 is 4.79 Å². The second kappa shape index (κ2) is 7.29. The van der Waals surface area contributed by atoms with Crippen molar-refractivity contribution in [2.75, 3.05) is 0 Å². The van der Waals surface area contributed by atoms with Gasteiger partial charge in [0, 0.05) is 36.5 Å². The van der Waals surface area contributed by atoms with Gasteiger partial charge in [0.2, 0.25) is 5.91 Å². The van der Waals surface area contributed by atoms with Gasteiger partial charge in [-0.3, -0.25) is 14.3 Å². The zero-order valence-corrected chi connectivity index (χ0v) is 17.1. The number of hydrogen-bond donors (Lipinski definition) is 0. The van der Waals surface area contributed by atoms with E-state index < -0.39 is 6.04 Å². The summed E-state index contributed by atoms with van der Waals surface area (Å²) in [5.74, 6) is -0.0407. The first-order chi connectivity index (χ1) is 12.7. The topological polar surface area (TPSA) is 73.0 Å². The van der Waals surface area contributed by atoms with E-state index in [0.29, 0.717) is 5.69 Å². The van der Waals surface area contributed by atoms with Gasteiger partial charge in [0.05, 0.1) is 11.4 Å². The lowest BCUT2D eigenvalue weighted by atomic mass is 9.96. The number of nitrogens with zero attached hydrogens (tertiary/aromatic N) is 5. The quantitative estimate of drug-likeness (QED) is 0.831. The van der Waals surface area contributed by atoms with Crippen LogP contribution < -0.4 is 5.56 Å². The molecule has 1 amide bonds. The smallest absolute Gasteiger partial charge is 0.267 e. The fraction of sp³-hybridized carbons (Fsp3) is 0.600. The number of aryl methyl sites for hydroxylation is 2. The molecule has 0 spiro atoms. The Morgan fingerprint density at radius 1 is 1.15 bits per heavy atom. The lowest BCUT2D eigenvalue weighted by Crippen LogP contribution is -2.50. The van der Waals surface area contributed by atoms with Gasteiger partial charge in [0.25, 0.3) is 5.56 Å². The molecule has 3 heterocycles. The molecule has 0 aromatic carbocycles. The van der Waals surface area contributed by atoms with E-state index in [1.54, 1.807) is 17.7 Å². The monoisotopic (exact) mass is 371 g/mol. The van der Waals surface area contributed by atoms with Crippen molar-refractivity contribution in [1.29, 1.82) is 0 Å². The molecule has 1 aliphatic heterocycles. The Morgan fingerprint density at radius 3 is 2.33 bits per heavy atom. The number of piperidine rings is 1. The van der Waals surface area contributed by atoms with E-state index in [1.165, 1.54) is 10.7 Å². The molecule has 0 bridgehead atoms. The minimum atomic E-state index is -0.641. The van der Waals surface area contributed by atoms with Crippen molar-refractivity contribution >= 4 is 5.91 Å². The van der Waals surface area contributed by atoms with Crippen LogP contribution in [0.4, 0.5) is 0 Å². The van der Waals surface area contributed by atoms with Crippen LogP contribution in [0.5, 0.6) is 0 Å². The van der Waals surface area contributed by atoms with Gasteiger partial charge in [-0.15, -0.1) is 0 Å². The molecule has 7 nitrogen and oxygen atoms in total. The number of aromatic nitrogens is 4. The Labute approximate surface area is 160 Å². The molecular weight excluding hydrogens is 342 g/mol. The maximum Gasteiger partial charge on any atom is 0.267 e. The number of carbonyl (C=O) groups is 1. The summed E-state index contributed by atoms with van der Waals surface area (Å²) in [5, 5.41) is 8.97. The molecule has 3 rings (SSSR count). The molecule has 0 N–H and O–H groups in total. The van der Waals surface area contributed by atoms with Crippen LogP contribution in [0.1, 0.15) is 57.5 Å². The highest BCUT2D eigenvalue weighted by atomic mass is 16.2. The fourth-order valence-corrected chi connectivity index (χ4v) is 4.16. The molecule has 2 aromatic rings. The predicted molar refractivity (Wildman–Crippen MR) is 105 cm³/mol. The number of amides is 1. The van der Waals surface area contributed by atoms with Crippen molar-refractivity contribution in [3.63, 3.8) is 0 Å². The van der Waals surface area contributed by atoms with Crippen LogP contribution in [-0.4, -0.2) is 42.5 Å². The van der Waals surface area contributed by atoms with Crippen LogP contribution in [0.25, 0.3) is 11.3 Å². The standard InChI is InChI=1S/C20H29N5O2/c1-12-8-7-9-13(2)24(12)20(27)16(5)25-18(26)11-10-17(22-25)19-14(3)21-23(6)15(19)4/h10-13,16H,7-9H2,1-6H3/t12-,13+,16-/m1/s1. The summed E-state index contributed by atoms with van der Waals surface area (Å²) in [4.78, 5) is 27.6. The third-order valence-corrected chi connectivity index (χ3v) is 5.76. The van der Waals surface area contributed by atoms with E-state index in [2.05, 4.69) is 24.0 Å². The lowest BCUT2D eigenvalue weighted by molar-refractivity contribution is -0.140. The van der Waals surface area contributed by atoms with Gasteiger partial charge < -0.3 is 4.90 Å². The zero-order valence-electron chi connectivity index (χ0n) is 17.1. The average Bonchev–Trinajstić information content (AvgIpc) is 2.87. The molecule has 0 radical (unpaired) electrons. The minimum Gasteiger partial charge on any atom is -0.335 e. The van der Waals surface area contributed by atoms with Crippen LogP contribution in [0, 0.1) is 13.8 Å². The Hall–Kier alpha value is -2.44. The normalized spacial score (nSPS) is 21.3. The summed E-state index contributed by atoms with van der Waals surface area (Å²) >= 11 is 0. The summed E-state index contributed by atoms with van der Waals surface area (Å²) in [6, 6.07) is 2.92. The Balaban J connectivity index is 1.99. The summed E-state index contributed by atoms with van der Waals surface area (Å²) in [7, 11) is 1.88. The van der Waals surface area contributed by atoms with Crippen molar-refractivity contribution in [3.8, 4) is 11.3 Å². The summed E-state index contributed by atoms with van der Waals surface area (Å²) in [6.07, 6.45) is 3.13. The number of likely N-dealkylation sites (tertiary alicyclic amines) is 1. The van der Waals surface area contributed by atoms with Gasteiger partial charge in [-0.1, -0.05) is 0 Å². The van der Waals surface area contributed by atoms with Crippen LogP contribution in [0.15, 0.2) is 16.9 Å². The molecule has 0 unspecified atom stereocenters. The molecule has 0 aliphatic carbocycles. The van der Waals surface area contributed by atoms with Crippen molar-refractivity contribution in [2.24, 2.45) is 7.05 Å². The highest BCUT2D eigenvalue weighted by Crippen LogP contribution is 2.27. The molecule has 1 fully saturated rings. The Kier molecular flexibility index (Phi) is 5.22. The van der Waals surface area contributed by atoms with E-state index in [-0.39, 0.29) is 23.6 Å². The first kappa shape index (κ1) is 19.3. The van der Waals surface area contributed by atoms with E-state index in [9.17, 15) is 9.59 Å². The summed E-state index contributed by atoms with van der Waals surface area (Å²) in [6.45, 7) is 9.81. The minimum absolute atomic E-state index is 0.0407. The van der Waals surface area contributed by atoms with Gasteiger partial charge in [-0.2, -0.15) is 10.2 Å². The first-order valence-corrected chi connectivity index (χ1v) is 9.65. The Bertz CT molecular complexity index is 904. The molecular formula is C20H29N5O2. The Morgan fingerprint density at radius 2 is 1.78 bits per heavy atom. The second-order valence-electron chi connectivity index (χ2n) is 7.72. The maximum absolute atomic E-state index is 13.2. The highest BCUT2D eigenvalue weighted by Gasteiger charge is 2.33. The molecule has 3 atom stereocenters. The van der Waals surface area contributed by atoms with E-state index in [4.69, 9.17) is 0 Å². The van der Waals surface area contributed by atoms with E-state index >= 15 is 0 Å².